The molecule has 2 aliphatic rings. The minimum Gasteiger partial charge on any atom is -0.340 e. The highest BCUT2D eigenvalue weighted by atomic mass is 16.2. The first kappa shape index (κ1) is 11.7. The normalized spacial score (nSPS) is 25.2. The van der Waals surface area contributed by atoms with E-state index in [-0.39, 0.29) is 11.5 Å². The fourth-order valence-corrected chi connectivity index (χ4v) is 3.11. The Bertz CT molecular complexity index is 479. The van der Waals surface area contributed by atoms with Gasteiger partial charge in [-0.3, -0.25) is 4.79 Å². The van der Waals surface area contributed by atoms with Crippen LogP contribution < -0.4 is 5.73 Å². The van der Waals surface area contributed by atoms with Crippen LogP contribution in [0.25, 0.3) is 0 Å². The molecule has 1 aliphatic heterocycles. The summed E-state index contributed by atoms with van der Waals surface area (Å²) in [6.45, 7) is 3.65. The number of likely N-dealkylation sites (tertiary alicyclic amines) is 1. The van der Waals surface area contributed by atoms with Gasteiger partial charge in [-0.15, -0.1) is 0 Å². The van der Waals surface area contributed by atoms with Crippen LogP contribution >= 0.6 is 0 Å². The Kier molecular flexibility index (Phi) is 2.67. The molecule has 1 heterocycles. The molecule has 3 heteroatoms. The Morgan fingerprint density at radius 1 is 1.39 bits per heavy atom. The summed E-state index contributed by atoms with van der Waals surface area (Å²) in [5, 5.41) is 0. The van der Waals surface area contributed by atoms with E-state index in [1.807, 2.05) is 17.0 Å². The van der Waals surface area contributed by atoms with Gasteiger partial charge in [0.2, 0.25) is 5.91 Å². The summed E-state index contributed by atoms with van der Waals surface area (Å²) in [5.41, 5.74) is 8.12. The predicted octanol–water partition coefficient (Wildman–Crippen LogP) is 1.59. The van der Waals surface area contributed by atoms with Crippen LogP contribution in [-0.4, -0.2) is 29.9 Å². The Labute approximate surface area is 108 Å². The van der Waals surface area contributed by atoms with Crippen molar-refractivity contribution in [3.05, 3.63) is 35.4 Å². The van der Waals surface area contributed by atoms with Crippen molar-refractivity contribution in [2.24, 2.45) is 5.73 Å². The monoisotopic (exact) mass is 244 g/mol. The Balaban J connectivity index is 1.87. The third kappa shape index (κ3) is 1.74. The van der Waals surface area contributed by atoms with Crippen LogP contribution in [-0.2, 0) is 10.2 Å². The number of nitrogens with zero attached hydrogens (tertiary/aromatic N) is 1. The number of hydrogen-bond acceptors (Lipinski definition) is 2. The van der Waals surface area contributed by atoms with Crippen LogP contribution in [0.1, 0.15) is 30.4 Å². The van der Waals surface area contributed by atoms with Gasteiger partial charge in [0.15, 0.2) is 0 Å². The maximum absolute atomic E-state index is 12.7. The van der Waals surface area contributed by atoms with Crippen molar-refractivity contribution in [2.75, 3.05) is 13.1 Å². The maximum Gasteiger partial charge on any atom is 0.233 e. The molecule has 1 aromatic carbocycles. The summed E-state index contributed by atoms with van der Waals surface area (Å²) in [6.07, 6.45) is 2.92. The smallest absolute Gasteiger partial charge is 0.233 e. The maximum atomic E-state index is 12.7. The lowest BCUT2D eigenvalue weighted by molar-refractivity contribution is -0.132. The SMILES string of the molecule is Cc1ccccc1C1(C(=O)N2CC[C@@H](N)C2)CC1. The molecule has 3 rings (SSSR count). The Morgan fingerprint density at radius 2 is 2.11 bits per heavy atom. The third-order valence-electron chi connectivity index (χ3n) is 4.33. The van der Waals surface area contributed by atoms with E-state index in [4.69, 9.17) is 5.73 Å². The molecular formula is C15H20N2O. The number of carbonyl (C=O) groups excluding carboxylic acids is 1. The first-order valence-corrected chi connectivity index (χ1v) is 6.74. The van der Waals surface area contributed by atoms with Gasteiger partial charge in [-0.05, 0) is 37.3 Å². The molecular weight excluding hydrogens is 224 g/mol. The average Bonchev–Trinajstić information content (AvgIpc) is 3.05. The van der Waals surface area contributed by atoms with Gasteiger partial charge in [0, 0.05) is 19.1 Å². The number of hydrogen-bond donors (Lipinski definition) is 1. The van der Waals surface area contributed by atoms with Gasteiger partial charge in [0.1, 0.15) is 0 Å². The molecule has 1 saturated carbocycles. The summed E-state index contributed by atoms with van der Waals surface area (Å²) in [7, 11) is 0. The van der Waals surface area contributed by atoms with E-state index < -0.39 is 0 Å². The molecule has 1 amide bonds. The minimum atomic E-state index is -0.227. The second-order valence-electron chi connectivity index (χ2n) is 5.70. The number of amides is 1. The fraction of sp³-hybridized carbons (Fsp3) is 0.533. The molecule has 96 valence electrons. The molecule has 3 nitrogen and oxygen atoms in total. The van der Waals surface area contributed by atoms with Crippen LogP contribution in [0.15, 0.2) is 24.3 Å². The molecule has 2 N–H and O–H groups in total. The molecule has 0 radical (unpaired) electrons. The van der Waals surface area contributed by atoms with Crippen LogP contribution in [0.3, 0.4) is 0 Å². The lowest BCUT2D eigenvalue weighted by Gasteiger charge is -2.24. The van der Waals surface area contributed by atoms with Crippen LogP contribution in [0.5, 0.6) is 0 Å². The molecule has 1 aromatic rings. The lowest BCUT2D eigenvalue weighted by atomic mass is 9.90. The van der Waals surface area contributed by atoms with E-state index in [0.717, 1.165) is 32.4 Å². The summed E-state index contributed by atoms with van der Waals surface area (Å²) in [4.78, 5) is 14.7. The number of nitrogens with two attached hydrogens (primary N) is 1. The quantitative estimate of drug-likeness (QED) is 0.858. The molecule has 0 aromatic heterocycles. The molecule has 18 heavy (non-hydrogen) atoms. The van der Waals surface area contributed by atoms with E-state index in [0.29, 0.717) is 5.91 Å². The molecule has 2 fully saturated rings. The molecule has 0 spiro atoms. The van der Waals surface area contributed by atoms with Crippen molar-refractivity contribution in [3.63, 3.8) is 0 Å². The van der Waals surface area contributed by atoms with E-state index in [2.05, 4.69) is 19.1 Å². The zero-order valence-corrected chi connectivity index (χ0v) is 10.9. The highest BCUT2D eigenvalue weighted by Gasteiger charge is 2.54. The number of benzene rings is 1. The number of aryl methyl sites for hydroxylation is 1. The topological polar surface area (TPSA) is 46.3 Å². The predicted molar refractivity (Wildman–Crippen MR) is 71.3 cm³/mol. The van der Waals surface area contributed by atoms with Gasteiger partial charge in [0.05, 0.1) is 5.41 Å². The van der Waals surface area contributed by atoms with Crippen molar-refractivity contribution >= 4 is 5.91 Å². The van der Waals surface area contributed by atoms with Crippen molar-refractivity contribution in [2.45, 2.75) is 37.6 Å². The van der Waals surface area contributed by atoms with Gasteiger partial charge in [-0.1, -0.05) is 24.3 Å². The summed E-state index contributed by atoms with van der Waals surface area (Å²) >= 11 is 0. The van der Waals surface area contributed by atoms with E-state index in [9.17, 15) is 4.79 Å². The molecule has 1 saturated heterocycles. The van der Waals surface area contributed by atoms with Gasteiger partial charge < -0.3 is 10.6 Å². The van der Waals surface area contributed by atoms with E-state index in [1.165, 1.54) is 11.1 Å². The highest BCUT2D eigenvalue weighted by Crippen LogP contribution is 2.50. The zero-order valence-electron chi connectivity index (χ0n) is 10.9. The third-order valence-corrected chi connectivity index (χ3v) is 4.33. The Morgan fingerprint density at radius 3 is 2.67 bits per heavy atom. The van der Waals surface area contributed by atoms with Crippen molar-refractivity contribution in [1.29, 1.82) is 0 Å². The van der Waals surface area contributed by atoms with Crippen LogP contribution in [0.4, 0.5) is 0 Å². The molecule has 0 unspecified atom stereocenters. The molecule has 1 aliphatic carbocycles. The van der Waals surface area contributed by atoms with Crippen LogP contribution in [0, 0.1) is 6.92 Å². The van der Waals surface area contributed by atoms with E-state index >= 15 is 0 Å². The zero-order chi connectivity index (χ0) is 12.8. The average molecular weight is 244 g/mol. The fourth-order valence-electron chi connectivity index (χ4n) is 3.11. The molecule has 0 bridgehead atoms. The largest absolute Gasteiger partial charge is 0.340 e. The minimum absolute atomic E-state index is 0.168. The second-order valence-corrected chi connectivity index (χ2v) is 5.70. The van der Waals surface area contributed by atoms with E-state index in [1.54, 1.807) is 0 Å². The first-order valence-electron chi connectivity index (χ1n) is 6.74. The molecule has 1 atom stereocenters. The lowest BCUT2D eigenvalue weighted by Crippen LogP contribution is -2.39. The summed E-state index contributed by atoms with van der Waals surface area (Å²) < 4.78 is 0. The van der Waals surface area contributed by atoms with Crippen molar-refractivity contribution < 1.29 is 4.79 Å². The van der Waals surface area contributed by atoms with Crippen LogP contribution in [0.2, 0.25) is 0 Å². The van der Waals surface area contributed by atoms with Gasteiger partial charge >= 0.3 is 0 Å². The highest BCUT2D eigenvalue weighted by molar-refractivity contribution is 5.92. The van der Waals surface area contributed by atoms with Gasteiger partial charge in [0.25, 0.3) is 0 Å². The Hall–Kier alpha value is -1.35. The van der Waals surface area contributed by atoms with Crippen molar-refractivity contribution in [1.82, 2.24) is 4.90 Å². The standard InChI is InChI=1S/C15H20N2O/c1-11-4-2-3-5-13(11)15(7-8-15)14(18)17-9-6-12(16)10-17/h2-5,12H,6-10,16H2,1H3/t12-/m1/s1. The van der Waals surface area contributed by atoms with Gasteiger partial charge in [-0.25, -0.2) is 0 Å². The first-order chi connectivity index (χ1) is 8.63. The number of carbonyl (C=O) groups is 1. The second kappa shape index (κ2) is 4.09. The summed E-state index contributed by atoms with van der Waals surface area (Å²) in [6, 6.07) is 8.44. The van der Waals surface area contributed by atoms with Gasteiger partial charge in [-0.2, -0.15) is 0 Å². The van der Waals surface area contributed by atoms with Crippen molar-refractivity contribution in [3.8, 4) is 0 Å². The summed E-state index contributed by atoms with van der Waals surface area (Å²) in [5.74, 6) is 0.296. The number of rotatable bonds is 2.